The zero-order valence-corrected chi connectivity index (χ0v) is 15.7. The average molecular weight is 379 g/mol. The first kappa shape index (κ1) is 18.2. The molecule has 1 aliphatic rings. The van der Waals surface area contributed by atoms with Crippen molar-refractivity contribution in [1.29, 1.82) is 0 Å². The maximum Gasteiger partial charge on any atom is 0.272 e. The zero-order chi connectivity index (χ0) is 19.5. The summed E-state index contributed by atoms with van der Waals surface area (Å²) in [6.07, 6.45) is 2.69. The highest BCUT2D eigenvalue weighted by Gasteiger charge is 2.26. The van der Waals surface area contributed by atoms with Crippen molar-refractivity contribution in [1.82, 2.24) is 15.1 Å². The molecule has 144 valence electrons. The summed E-state index contributed by atoms with van der Waals surface area (Å²) in [5.41, 5.74) is 4.37. The summed E-state index contributed by atoms with van der Waals surface area (Å²) >= 11 is 0. The average Bonchev–Trinajstić information content (AvgIpc) is 3.29. The Labute approximate surface area is 163 Å². The Kier molecular flexibility index (Phi) is 5.10. The van der Waals surface area contributed by atoms with Crippen LogP contribution in [0.4, 0.5) is 4.39 Å². The van der Waals surface area contributed by atoms with E-state index in [0.29, 0.717) is 18.8 Å². The Balaban J connectivity index is 1.43. The fourth-order valence-corrected chi connectivity index (χ4v) is 3.54. The fraction of sp³-hybridized carbons (Fsp3) is 0.273. The number of halogens is 1. The molecule has 1 aliphatic carbocycles. The molecule has 0 saturated heterocycles. The van der Waals surface area contributed by atoms with Crippen LogP contribution in [0.25, 0.3) is 5.69 Å². The zero-order valence-electron chi connectivity index (χ0n) is 15.7. The molecule has 5 nitrogen and oxygen atoms in total. The van der Waals surface area contributed by atoms with Gasteiger partial charge >= 0.3 is 0 Å². The van der Waals surface area contributed by atoms with Gasteiger partial charge in [0.1, 0.15) is 18.2 Å². The van der Waals surface area contributed by atoms with Gasteiger partial charge < -0.3 is 10.1 Å². The largest absolute Gasteiger partial charge is 0.492 e. The minimum Gasteiger partial charge on any atom is -0.492 e. The van der Waals surface area contributed by atoms with Crippen LogP contribution in [0.2, 0.25) is 0 Å². The van der Waals surface area contributed by atoms with E-state index in [0.717, 1.165) is 47.5 Å². The van der Waals surface area contributed by atoms with E-state index < -0.39 is 0 Å². The van der Waals surface area contributed by atoms with Gasteiger partial charge in [-0.05, 0) is 68.1 Å². The van der Waals surface area contributed by atoms with E-state index in [2.05, 4.69) is 10.4 Å². The minimum absolute atomic E-state index is 0.202. The second-order valence-electron chi connectivity index (χ2n) is 6.94. The minimum atomic E-state index is -0.292. The second kappa shape index (κ2) is 7.84. The summed E-state index contributed by atoms with van der Waals surface area (Å²) in [5, 5.41) is 7.41. The lowest BCUT2D eigenvalue weighted by Crippen LogP contribution is -2.29. The fourth-order valence-electron chi connectivity index (χ4n) is 3.54. The van der Waals surface area contributed by atoms with Gasteiger partial charge in [-0.25, -0.2) is 9.07 Å². The predicted molar refractivity (Wildman–Crippen MR) is 105 cm³/mol. The number of aryl methyl sites for hydroxylation is 1. The van der Waals surface area contributed by atoms with Crippen LogP contribution in [0.3, 0.4) is 0 Å². The third-order valence-corrected chi connectivity index (χ3v) is 4.86. The molecule has 4 rings (SSSR count). The quantitative estimate of drug-likeness (QED) is 0.666. The summed E-state index contributed by atoms with van der Waals surface area (Å²) in [4.78, 5) is 12.7. The van der Waals surface area contributed by atoms with Crippen LogP contribution in [0, 0.1) is 12.7 Å². The molecule has 0 radical (unpaired) electrons. The van der Waals surface area contributed by atoms with E-state index in [1.54, 1.807) is 16.8 Å². The highest BCUT2D eigenvalue weighted by molar-refractivity contribution is 5.94. The summed E-state index contributed by atoms with van der Waals surface area (Å²) < 4.78 is 20.7. The molecule has 0 atom stereocenters. The summed E-state index contributed by atoms with van der Waals surface area (Å²) in [7, 11) is 0. The van der Waals surface area contributed by atoms with E-state index in [9.17, 15) is 9.18 Å². The highest BCUT2D eigenvalue weighted by Crippen LogP contribution is 2.27. The molecule has 0 saturated carbocycles. The molecule has 0 spiro atoms. The topological polar surface area (TPSA) is 56.1 Å². The summed E-state index contributed by atoms with van der Waals surface area (Å²) in [6.45, 7) is 2.79. The van der Waals surface area contributed by atoms with Crippen molar-refractivity contribution >= 4 is 5.91 Å². The van der Waals surface area contributed by atoms with Gasteiger partial charge in [-0.2, -0.15) is 5.10 Å². The third kappa shape index (κ3) is 3.76. The molecule has 1 N–H and O–H groups in total. The maximum absolute atomic E-state index is 13.2. The van der Waals surface area contributed by atoms with Gasteiger partial charge in [0.25, 0.3) is 5.91 Å². The number of carbonyl (C=O) groups is 1. The molecule has 28 heavy (non-hydrogen) atoms. The Bertz CT molecular complexity index is 996. The van der Waals surface area contributed by atoms with E-state index >= 15 is 0 Å². The van der Waals surface area contributed by atoms with E-state index in [4.69, 9.17) is 4.74 Å². The number of nitrogens with zero attached hydrogens (tertiary/aromatic N) is 2. The summed E-state index contributed by atoms with van der Waals surface area (Å²) in [5.74, 6) is 0.293. The lowest BCUT2D eigenvalue weighted by atomic mass is 10.2. The molecule has 0 unspecified atom stereocenters. The SMILES string of the molecule is Cc1cccc(OCCNC(=O)c2nn(-c3ccc(F)cc3)c3c2CCC3)c1. The molecule has 1 heterocycles. The number of hydrogen-bond donors (Lipinski definition) is 1. The third-order valence-electron chi connectivity index (χ3n) is 4.86. The molecule has 6 heteroatoms. The maximum atomic E-state index is 13.2. The Morgan fingerprint density at radius 2 is 2.04 bits per heavy atom. The standard InChI is InChI=1S/C22H22FN3O2/c1-15-4-2-5-18(14-15)28-13-12-24-22(27)21-19-6-3-7-20(19)26(25-21)17-10-8-16(23)9-11-17/h2,4-5,8-11,14H,3,6-7,12-13H2,1H3,(H,24,27). The number of ether oxygens (including phenoxy) is 1. The van der Waals surface area contributed by atoms with Crippen LogP contribution < -0.4 is 10.1 Å². The van der Waals surface area contributed by atoms with Gasteiger partial charge in [0.15, 0.2) is 5.69 Å². The Morgan fingerprint density at radius 3 is 2.82 bits per heavy atom. The predicted octanol–water partition coefficient (Wildman–Crippen LogP) is 3.62. The Morgan fingerprint density at radius 1 is 1.21 bits per heavy atom. The molecular weight excluding hydrogens is 357 g/mol. The number of amides is 1. The number of hydrogen-bond acceptors (Lipinski definition) is 3. The van der Waals surface area contributed by atoms with Crippen LogP contribution in [0.5, 0.6) is 5.75 Å². The van der Waals surface area contributed by atoms with Gasteiger partial charge in [-0.3, -0.25) is 4.79 Å². The van der Waals surface area contributed by atoms with Crippen molar-refractivity contribution in [2.24, 2.45) is 0 Å². The number of nitrogens with one attached hydrogen (secondary N) is 1. The van der Waals surface area contributed by atoms with Gasteiger partial charge in [0.2, 0.25) is 0 Å². The molecule has 1 amide bonds. The van der Waals surface area contributed by atoms with Crippen LogP contribution >= 0.6 is 0 Å². The van der Waals surface area contributed by atoms with Crippen LogP contribution in [-0.2, 0) is 12.8 Å². The number of fused-ring (bicyclic) bond motifs is 1. The van der Waals surface area contributed by atoms with Gasteiger partial charge in [0, 0.05) is 11.3 Å². The number of benzene rings is 2. The molecule has 1 aromatic heterocycles. The monoisotopic (exact) mass is 379 g/mol. The van der Waals surface area contributed by atoms with E-state index in [-0.39, 0.29) is 11.7 Å². The summed E-state index contributed by atoms with van der Waals surface area (Å²) in [6, 6.07) is 14.0. The molecule has 2 aromatic carbocycles. The van der Waals surface area contributed by atoms with Crippen molar-refractivity contribution < 1.29 is 13.9 Å². The second-order valence-corrected chi connectivity index (χ2v) is 6.94. The lowest BCUT2D eigenvalue weighted by Gasteiger charge is -2.08. The number of rotatable bonds is 6. The lowest BCUT2D eigenvalue weighted by molar-refractivity contribution is 0.0940. The number of carbonyl (C=O) groups excluding carboxylic acids is 1. The van der Waals surface area contributed by atoms with E-state index in [1.165, 1.54) is 12.1 Å². The molecule has 0 fully saturated rings. The first-order valence-corrected chi connectivity index (χ1v) is 9.46. The first-order chi connectivity index (χ1) is 13.6. The normalized spacial score (nSPS) is 12.6. The van der Waals surface area contributed by atoms with Crippen molar-refractivity contribution in [2.45, 2.75) is 26.2 Å². The first-order valence-electron chi connectivity index (χ1n) is 9.46. The van der Waals surface area contributed by atoms with Gasteiger partial charge in [0.05, 0.1) is 12.2 Å². The van der Waals surface area contributed by atoms with Crippen molar-refractivity contribution in [3.05, 3.63) is 76.9 Å². The van der Waals surface area contributed by atoms with Gasteiger partial charge in [-0.1, -0.05) is 12.1 Å². The van der Waals surface area contributed by atoms with Crippen molar-refractivity contribution in [2.75, 3.05) is 13.2 Å². The van der Waals surface area contributed by atoms with Crippen LogP contribution in [0.15, 0.2) is 48.5 Å². The van der Waals surface area contributed by atoms with Crippen molar-refractivity contribution in [3.8, 4) is 11.4 Å². The van der Waals surface area contributed by atoms with E-state index in [1.807, 2.05) is 31.2 Å². The van der Waals surface area contributed by atoms with Crippen LogP contribution in [0.1, 0.15) is 33.7 Å². The molecule has 0 aliphatic heterocycles. The van der Waals surface area contributed by atoms with Crippen LogP contribution in [-0.4, -0.2) is 28.8 Å². The van der Waals surface area contributed by atoms with Crippen molar-refractivity contribution in [3.63, 3.8) is 0 Å². The number of aromatic nitrogens is 2. The molecule has 0 bridgehead atoms. The molecule has 3 aromatic rings. The molecular formula is C22H22FN3O2. The Hall–Kier alpha value is -3.15. The smallest absolute Gasteiger partial charge is 0.272 e. The highest BCUT2D eigenvalue weighted by atomic mass is 19.1. The van der Waals surface area contributed by atoms with Gasteiger partial charge in [-0.15, -0.1) is 0 Å².